The van der Waals surface area contributed by atoms with E-state index in [1.54, 1.807) is 0 Å². The van der Waals surface area contributed by atoms with Crippen LogP contribution in [0, 0.1) is 11.8 Å². The molecule has 4 unspecified atom stereocenters. The van der Waals surface area contributed by atoms with E-state index >= 15 is 0 Å². The van der Waals surface area contributed by atoms with Crippen LogP contribution in [0.4, 0.5) is 0 Å². The van der Waals surface area contributed by atoms with Gasteiger partial charge in [-0.05, 0) is 48.8 Å². The topological polar surface area (TPSA) is 53.7 Å². The number of fused-ring (bicyclic) bond motifs is 1. The zero-order valence-electron chi connectivity index (χ0n) is 12.9. The standard InChI is InChI=1S/C17H25NO3/c1-11-3-5-14(7-12(11)2)19-9-15(18)13-4-6-16-17(8-13)21-10-20-16/h4,6,8,11-12,14-15H,3,5,7,9-10,18H2,1-2H3. The van der Waals surface area contributed by atoms with Crippen molar-refractivity contribution in [3.63, 3.8) is 0 Å². The number of hydrogen-bond acceptors (Lipinski definition) is 4. The van der Waals surface area contributed by atoms with Gasteiger partial charge in [-0.2, -0.15) is 0 Å². The van der Waals surface area contributed by atoms with Crippen LogP contribution >= 0.6 is 0 Å². The highest BCUT2D eigenvalue weighted by Crippen LogP contribution is 2.34. The zero-order chi connectivity index (χ0) is 14.8. The molecule has 4 nitrogen and oxygen atoms in total. The lowest BCUT2D eigenvalue weighted by Gasteiger charge is -2.32. The number of ether oxygens (including phenoxy) is 3. The van der Waals surface area contributed by atoms with Gasteiger partial charge >= 0.3 is 0 Å². The smallest absolute Gasteiger partial charge is 0.231 e. The summed E-state index contributed by atoms with van der Waals surface area (Å²) in [5, 5.41) is 0. The van der Waals surface area contributed by atoms with E-state index in [2.05, 4.69) is 13.8 Å². The summed E-state index contributed by atoms with van der Waals surface area (Å²) in [6.07, 6.45) is 3.91. The highest BCUT2D eigenvalue weighted by atomic mass is 16.7. The van der Waals surface area contributed by atoms with Gasteiger partial charge in [-0.25, -0.2) is 0 Å². The van der Waals surface area contributed by atoms with Gasteiger partial charge in [-0.15, -0.1) is 0 Å². The fraction of sp³-hybridized carbons (Fsp3) is 0.647. The van der Waals surface area contributed by atoms with Crippen LogP contribution in [0.15, 0.2) is 18.2 Å². The molecule has 0 aromatic heterocycles. The third kappa shape index (κ3) is 3.33. The summed E-state index contributed by atoms with van der Waals surface area (Å²) < 4.78 is 16.7. The molecule has 1 aromatic rings. The van der Waals surface area contributed by atoms with Gasteiger partial charge < -0.3 is 19.9 Å². The van der Waals surface area contributed by atoms with Crippen LogP contribution in [0.3, 0.4) is 0 Å². The Bertz CT molecular complexity index is 491. The SMILES string of the molecule is CC1CCC(OCC(N)c2ccc3c(c2)OCO3)CC1C. The van der Waals surface area contributed by atoms with Gasteiger partial charge in [0.2, 0.25) is 6.79 Å². The maximum Gasteiger partial charge on any atom is 0.231 e. The zero-order valence-corrected chi connectivity index (χ0v) is 12.9. The van der Waals surface area contributed by atoms with Crippen molar-refractivity contribution in [3.8, 4) is 11.5 Å². The van der Waals surface area contributed by atoms with E-state index in [-0.39, 0.29) is 6.04 Å². The highest BCUT2D eigenvalue weighted by molar-refractivity contribution is 5.45. The summed E-state index contributed by atoms with van der Waals surface area (Å²) in [5.74, 6) is 3.13. The van der Waals surface area contributed by atoms with E-state index in [1.165, 1.54) is 6.42 Å². The van der Waals surface area contributed by atoms with E-state index in [9.17, 15) is 0 Å². The molecule has 1 heterocycles. The fourth-order valence-corrected chi connectivity index (χ4v) is 3.13. The predicted octanol–water partition coefficient (Wildman–Crippen LogP) is 3.26. The Kier molecular flexibility index (Phi) is 4.36. The molecule has 21 heavy (non-hydrogen) atoms. The van der Waals surface area contributed by atoms with Crippen molar-refractivity contribution in [2.45, 2.75) is 45.3 Å². The molecule has 116 valence electrons. The van der Waals surface area contributed by atoms with Crippen molar-refractivity contribution in [2.24, 2.45) is 17.6 Å². The molecule has 1 fully saturated rings. The molecule has 2 aliphatic rings. The predicted molar refractivity (Wildman–Crippen MR) is 81.4 cm³/mol. The molecule has 0 bridgehead atoms. The van der Waals surface area contributed by atoms with Gasteiger partial charge in [0.15, 0.2) is 11.5 Å². The van der Waals surface area contributed by atoms with Crippen molar-refractivity contribution in [1.29, 1.82) is 0 Å². The average Bonchev–Trinajstić information content (AvgIpc) is 2.95. The van der Waals surface area contributed by atoms with Crippen molar-refractivity contribution >= 4 is 0 Å². The van der Waals surface area contributed by atoms with Gasteiger partial charge in [-0.1, -0.05) is 19.9 Å². The minimum absolute atomic E-state index is 0.117. The third-order valence-electron chi connectivity index (χ3n) is 4.89. The normalized spacial score (nSPS) is 29.4. The molecule has 1 aliphatic carbocycles. The van der Waals surface area contributed by atoms with Gasteiger partial charge in [0, 0.05) is 0 Å². The Morgan fingerprint density at radius 3 is 2.81 bits per heavy atom. The minimum Gasteiger partial charge on any atom is -0.454 e. The lowest BCUT2D eigenvalue weighted by molar-refractivity contribution is -0.00363. The van der Waals surface area contributed by atoms with E-state index in [0.29, 0.717) is 19.5 Å². The lowest BCUT2D eigenvalue weighted by Crippen LogP contribution is -2.29. The molecule has 0 amide bonds. The maximum absolute atomic E-state index is 6.25. The molecule has 4 atom stereocenters. The van der Waals surface area contributed by atoms with Crippen molar-refractivity contribution in [2.75, 3.05) is 13.4 Å². The Balaban J connectivity index is 1.53. The number of rotatable bonds is 4. The average molecular weight is 291 g/mol. The molecule has 0 spiro atoms. The van der Waals surface area contributed by atoms with Crippen LogP contribution in [-0.4, -0.2) is 19.5 Å². The van der Waals surface area contributed by atoms with Crippen LogP contribution in [0.25, 0.3) is 0 Å². The first-order valence-electron chi connectivity index (χ1n) is 7.90. The first kappa shape index (κ1) is 14.7. The van der Waals surface area contributed by atoms with E-state index in [0.717, 1.165) is 41.7 Å². The maximum atomic E-state index is 6.25. The Hall–Kier alpha value is -1.26. The Morgan fingerprint density at radius 2 is 2.00 bits per heavy atom. The number of nitrogens with two attached hydrogens (primary N) is 1. The van der Waals surface area contributed by atoms with E-state index in [1.807, 2.05) is 18.2 Å². The van der Waals surface area contributed by atoms with Crippen molar-refractivity contribution < 1.29 is 14.2 Å². The van der Waals surface area contributed by atoms with Crippen molar-refractivity contribution in [1.82, 2.24) is 0 Å². The second-order valence-electron chi connectivity index (χ2n) is 6.44. The quantitative estimate of drug-likeness (QED) is 0.925. The van der Waals surface area contributed by atoms with Crippen LogP contribution < -0.4 is 15.2 Å². The summed E-state index contributed by atoms with van der Waals surface area (Å²) in [6, 6.07) is 5.76. The summed E-state index contributed by atoms with van der Waals surface area (Å²) in [7, 11) is 0. The molecule has 0 radical (unpaired) electrons. The van der Waals surface area contributed by atoms with Crippen molar-refractivity contribution in [3.05, 3.63) is 23.8 Å². The monoisotopic (exact) mass is 291 g/mol. The summed E-state index contributed by atoms with van der Waals surface area (Å²) >= 11 is 0. The molecule has 4 heteroatoms. The second kappa shape index (κ2) is 6.24. The first-order valence-corrected chi connectivity index (χ1v) is 7.90. The van der Waals surface area contributed by atoms with Crippen LogP contribution in [0.1, 0.15) is 44.7 Å². The number of benzene rings is 1. The van der Waals surface area contributed by atoms with Gasteiger partial charge in [0.05, 0.1) is 18.8 Å². The van der Waals surface area contributed by atoms with Crippen LogP contribution in [-0.2, 0) is 4.74 Å². The van der Waals surface area contributed by atoms with Gasteiger partial charge in [-0.3, -0.25) is 0 Å². The highest BCUT2D eigenvalue weighted by Gasteiger charge is 2.25. The van der Waals surface area contributed by atoms with Gasteiger partial charge in [0.1, 0.15) is 0 Å². The molecule has 2 N–H and O–H groups in total. The third-order valence-corrected chi connectivity index (χ3v) is 4.89. The minimum atomic E-state index is -0.117. The van der Waals surface area contributed by atoms with Crippen LogP contribution in [0.5, 0.6) is 11.5 Å². The first-order chi connectivity index (χ1) is 10.1. The lowest BCUT2D eigenvalue weighted by atomic mass is 9.80. The molecular formula is C17H25NO3. The molecule has 3 rings (SSSR count). The Morgan fingerprint density at radius 1 is 1.19 bits per heavy atom. The summed E-state index contributed by atoms with van der Waals surface area (Å²) in [6.45, 7) is 5.51. The second-order valence-corrected chi connectivity index (χ2v) is 6.44. The molecular weight excluding hydrogens is 266 g/mol. The Labute approximate surface area is 126 Å². The summed E-state index contributed by atoms with van der Waals surface area (Å²) in [4.78, 5) is 0. The molecule has 1 saturated carbocycles. The number of hydrogen-bond donors (Lipinski definition) is 1. The fourth-order valence-electron chi connectivity index (χ4n) is 3.13. The molecule has 1 aliphatic heterocycles. The molecule has 0 saturated heterocycles. The van der Waals surface area contributed by atoms with Gasteiger partial charge in [0.25, 0.3) is 0 Å². The largest absolute Gasteiger partial charge is 0.454 e. The van der Waals surface area contributed by atoms with E-state index < -0.39 is 0 Å². The van der Waals surface area contributed by atoms with Crippen LogP contribution in [0.2, 0.25) is 0 Å². The van der Waals surface area contributed by atoms with E-state index in [4.69, 9.17) is 19.9 Å². The molecule has 1 aromatic carbocycles. The summed E-state index contributed by atoms with van der Waals surface area (Å²) in [5.41, 5.74) is 7.29.